The number of hydrogen-bond donors (Lipinski definition) is 1. The lowest BCUT2D eigenvalue weighted by molar-refractivity contribution is -0.147. The van der Waals surface area contributed by atoms with E-state index in [1.165, 1.54) is 4.72 Å². The van der Waals surface area contributed by atoms with Crippen LogP contribution in [0.25, 0.3) is 0 Å². The Balaban J connectivity index is 3.07. The number of hydrogen-bond acceptors (Lipinski definition) is 3. The zero-order valence-electron chi connectivity index (χ0n) is 9.42. The Hall–Kier alpha value is -0.860. The number of rotatable bonds is 3. The molecule has 0 saturated heterocycles. The Labute approximate surface area is 102 Å². The molecule has 4 nitrogen and oxygen atoms in total. The molecule has 0 radical (unpaired) electrons. The molecule has 0 bridgehead atoms. The molecule has 17 heavy (non-hydrogen) atoms. The minimum Gasteiger partial charge on any atom is -0.243 e. The van der Waals surface area contributed by atoms with Gasteiger partial charge in [-0.15, -0.1) is 0 Å². The van der Waals surface area contributed by atoms with E-state index in [1.807, 2.05) is 0 Å². The van der Waals surface area contributed by atoms with E-state index in [9.17, 15) is 21.6 Å². The van der Waals surface area contributed by atoms with Crippen LogP contribution in [0, 0.1) is 0 Å². The van der Waals surface area contributed by atoms with Crippen molar-refractivity contribution in [2.45, 2.75) is 24.0 Å². The van der Waals surface area contributed by atoms with Crippen LogP contribution < -0.4 is 4.72 Å². The van der Waals surface area contributed by atoms with E-state index in [2.05, 4.69) is 4.98 Å². The van der Waals surface area contributed by atoms with Crippen molar-refractivity contribution in [3.05, 3.63) is 23.5 Å². The molecule has 1 N–H and O–H groups in total. The Bertz CT molecular complexity index is 530. The number of aromatic nitrogens is 1. The summed E-state index contributed by atoms with van der Waals surface area (Å²) in [4.78, 5) is 2.94. The fourth-order valence-corrected chi connectivity index (χ4v) is 2.03. The topological polar surface area (TPSA) is 59.1 Å². The Kier molecular flexibility index (Phi) is 3.55. The molecular formula is C8H8ClF3N2O2S. The number of nitrogens with one attached hydrogen (secondary N) is 1. The van der Waals surface area contributed by atoms with Crippen LogP contribution in [0.5, 0.6) is 0 Å². The van der Waals surface area contributed by atoms with Gasteiger partial charge in [-0.05, 0) is 19.1 Å². The van der Waals surface area contributed by atoms with Crippen molar-refractivity contribution < 1.29 is 23.0 Å². The van der Waals surface area contributed by atoms with Crippen LogP contribution >= 0.6 is 11.6 Å². The average Bonchev–Trinajstić information content (AvgIpc) is 2.14. The highest BCUT2D eigenvalue weighted by molar-refractivity contribution is 7.89. The largest absolute Gasteiger partial charge is 0.404 e. The minimum absolute atomic E-state index is 0.00148. The monoisotopic (exact) mass is 289 g/mol. The third kappa shape index (κ3) is 3.83. The first-order valence-electron chi connectivity index (χ1n) is 4.68. The standard InChI is InChI=1S/C8H8ClF3N2O2S/c1-5(8(10,11)12)14-17(15,16)6-2-3-7(9)13-4-6/h2-5,14H,1H3/t5-/m0/s1/i5D. The summed E-state index contributed by atoms with van der Waals surface area (Å²) < 4.78 is 68.6. The second-order valence-corrected chi connectivity index (χ2v) is 5.11. The predicted octanol–water partition coefficient (Wildman–Crippen LogP) is 1.96. The van der Waals surface area contributed by atoms with Gasteiger partial charge in [0.15, 0.2) is 0 Å². The molecule has 0 aliphatic carbocycles. The highest BCUT2D eigenvalue weighted by atomic mass is 35.5. The van der Waals surface area contributed by atoms with Gasteiger partial charge in [0.05, 0.1) is 1.37 Å². The van der Waals surface area contributed by atoms with Crippen molar-refractivity contribution >= 4 is 21.6 Å². The Morgan fingerprint density at radius 3 is 2.53 bits per heavy atom. The molecule has 0 aromatic carbocycles. The predicted molar refractivity (Wildman–Crippen MR) is 55.1 cm³/mol. The van der Waals surface area contributed by atoms with E-state index in [-0.39, 0.29) is 5.15 Å². The van der Waals surface area contributed by atoms with Gasteiger partial charge in [0.2, 0.25) is 10.0 Å². The second kappa shape index (κ2) is 4.79. The molecule has 1 heterocycles. The summed E-state index contributed by atoms with van der Waals surface area (Å²) in [6.45, 7) is 0.397. The van der Waals surface area contributed by atoms with Crippen molar-refractivity contribution in [3.8, 4) is 0 Å². The lowest BCUT2D eigenvalue weighted by atomic mass is 10.4. The first kappa shape index (κ1) is 12.6. The van der Waals surface area contributed by atoms with Crippen molar-refractivity contribution in [3.63, 3.8) is 0 Å². The van der Waals surface area contributed by atoms with Gasteiger partial charge in [-0.3, -0.25) is 0 Å². The molecule has 0 saturated carbocycles. The van der Waals surface area contributed by atoms with Crippen LogP contribution in [0.3, 0.4) is 0 Å². The van der Waals surface area contributed by atoms with Gasteiger partial charge >= 0.3 is 6.18 Å². The van der Waals surface area contributed by atoms with E-state index in [0.717, 1.165) is 18.3 Å². The zero-order chi connectivity index (χ0) is 14.2. The van der Waals surface area contributed by atoms with E-state index < -0.39 is 27.1 Å². The van der Waals surface area contributed by atoms with Crippen LogP contribution in [0.15, 0.2) is 23.2 Å². The summed E-state index contributed by atoms with van der Waals surface area (Å²) in [6, 6.07) is -1.22. The molecule has 0 amide bonds. The van der Waals surface area contributed by atoms with Crippen LogP contribution in [0.4, 0.5) is 13.2 Å². The maximum Gasteiger partial charge on any atom is 0.404 e. The molecular weight excluding hydrogens is 281 g/mol. The summed E-state index contributed by atoms with van der Waals surface area (Å²) in [5.41, 5.74) is 0. The quantitative estimate of drug-likeness (QED) is 0.866. The van der Waals surface area contributed by atoms with Crippen molar-refractivity contribution in [2.75, 3.05) is 0 Å². The van der Waals surface area contributed by atoms with Crippen molar-refractivity contribution in [2.24, 2.45) is 0 Å². The fraction of sp³-hybridized carbons (Fsp3) is 0.375. The van der Waals surface area contributed by atoms with Gasteiger partial charge < -0.3 is 0 Å². The molecule has 9 heteroatoms. The van der Waals surface area contributed by atoms with Crippen molar-refractivity contribution in [1.29, 1.82) is 0 Å². The Morgan fingerprint density at radius 1 is 1.53 bits per heavy atom. The SMILES string of the molecule is [2H][C@@](C)(NS(=O)(=O)c1ccc(Cl)nc1)C(F)(F)F. The van der Waals surface area contributed by atoms with E-state index in [4.69, 9.17) is 13.0 Å². The summed E-state index contributed by atoms with van der Waals surface area (Å²) in [5.74, 6) is 0. The van der Waals surface area contributed by atoms with Crippen LogP contribution in [-0.2, 0) is 10.0 Å². The Morgan fingerprint density at radius 2 is 2.12 bits per heavy atom. The summed E-state index contributed by atoms with van der Waals surface area (Å²) in [7, 11) is -4.50. The van der Waals surface area contributed by atoms with Gasteiger partial charge in [-0.2, -0.15) is 17.9 Å². The lowest BCUT2D eigenvalue weighted by Gasteiger charge is -2.16. The molecule has 0 spiro atoms. The second-order valence-electron chi connectivity index (χ2n) is 3.04. The number of pyridine rings is 1. The third-order valence-electron chi connectivity index (χ3n) is 1.72. The normalized spacial score (nSPS) is 17.4. The van der Waals surface area contributed by atoms with Gasteiger partial charge in [0, 0.05) is 6.20 Å². The molecule has 1 atom stereocenters. The summed E-state index contributed by atoms with van der Waals surface area (Å²) in [6.07, 6.45) is -4.24. The number of alkyl halides is 3. The number of halogens is 4. The summed E-state index contributed by atoms with van der Waals surface area (Å²) >= 11 is 5.42. The summed E-state index contributed by atoms with van der Waals surface area (Å²) in [5, 5.41) is -0.00148. The minimum atomic E-state index is -5.04. The first-order valence-corrected chi connectivity index (χ1v) is 6.04. The number of sulfonamides is 1. The highest BCUT2D eigenvalue weighted by Crippen LogP contribution is 2.21. The average molecular weight is 290 g/mol. The van der Waals surface area contributed by atoms with Crippen molar-refractivity contribution in [1.82, 2.24) is 9.71 Å². The van der Waals surface area contributed by atoms with Crippen LogP contribution in [-0.4, -0.2) is 25.6 Å². The molecule has 0 unspecified atom stereocenters. The first-order chi connectivity index (χ1) is 7.96. The molecule has 1 aromatic rings. The van der Waals surface area contributed by atoms with E-state index >= 15 is 0 Å². The number of nitrogens with zero attached hydrogens (tertiary/aromatic N) is 1. The third-order valence-corrected chi connectivity index (χ3v) is 3.38. The molecule has 1 rings (SSSR count). The lowest BCUT2D eigenvalue weighted by Crippen LogP contribution is -2.42. The maximum absolute atomic E-state index is 12.4. The molecule has 0 aliphatic rings. The molecule has 96 valence electrons. The van der Waals surface area contributed by atoms with Gasteiger partial charge in [0.25, 0.3) is 0 Å². The maximum atomic E-state index is 12.4. The van der Waals surface area contributed by atoms with Gasteiger partial charge in [-0.1, -0.05) is 11.6 Å². The molecule has 1 aromatic heterocycles. The van der Waals surface area contributed by atoms with Gasteiger partial charge in [0.1, 0.15) is 16.1 Å². The van der Waals surface area contributed by atoms with E-state index in [0.29, 0.717) is 6.92 Å². The highest BCUT2D eigenvalue weighted by Gasteiger charge is 2.38. The molecule has 0 aliphatic heterocycles. The van der Waals surface area contributed by atoms with Crippen LogP contribution in [0.2, 0.25) is 5.15 Å². The van der Waals surface area contributed by atoms with E-state index in [1.54, 1.807) is 0 Å². The zero-order valence-corrected chi connectivity index (χ0v) is 9.99. The fourth-order valence-electron chi connectivity index (χ4n) is 0.840. The van der Waals surface area contributed by atoms with Gasteiger partial charge in [-0.25, -0.2) is 13.4 Å². The van der Waals surface area contributed by atoms with Crippen LogP contribution in [0.1, 0.15) is 8.29 Å². The smallest absolute Gasteiger partial charge is 0.243 e. The molecule has 0 fully saturated rings.